The number of carboxylic acid groups (broad SMARTS) is 3. The molecule has 1 saturated heterocycles. The van der Waals surface area contributed by atoms with E-state index in [4.69, 9.17) is 5.73 Å². The maximum atomic E-state index is 13.1. The molecule has 36 heavy (non-hydrogen) atoms. The molecule has 13 nitrogen and oxygen atoms in total. The average molecular weight is 530 g/mol. The summed E-state index contributed by atoms with van der Waals surface area (Å²) in [7, 11) is -3.65. The summed E-state index contributed by atoms with van der Waals surface area (Å²) in [6.45, 7) is 1.56. The van der Waals surface area contributed by atoms with Crippen molar-refractivity contribution in [3.05, 3.63) is 29.8 Å². The Kier molecular flexibility index (Phi) is 11.8. The van der Waals surface area contributed by atoms with Crippen molar-refractivity contribution >= 4 is 31.0 Å². The van der Waals surface area contributed by atoms with E-state index in [0.29, 0.717) is 24.3 Å². The van der Waals surface area contributed by atoms with E-state index in [-0.39, 0.29) is 71.4 Å². The second-order valence-electron chi connectivity index (χ2n) is 9.02. The summed E-state index contributed by atoms with van der Waals surface area (Å²) in [5, 5.41) is 27.8. The van der Waals surface area contributed by atoms with E-state index < -0.39 is 25.3 Å². The van der Waals surface area contributed by atoms with Crippen molar-refractivity contribution in [3.63, 3.8) is 0 Å². The zero-order chi connectivity index (χ0) is 26.7. The van der Waals surface area contributed by atoms with Crippen molar-refractivity contribution in [1.29, 1.82) is 0 Å². The Labute approximate surface area is 210 Å². The number of rotatable bonds is 10. The van der Waals surface area contributed by atoms with E-state index >= 15 is 0 Å². The third-order valence-electron chi connectivity index (χ3n) is 5.84. The average Bonchev–Trinajstić information content (AvgIpc) is 2.76. The standard InChI is InChI=1S/C22H36N5O8P/c23-19-3-1-18(2-4-19)16-36(34,35)17-27-11-9-25(14-21(30)31)7-5-24(13-20(28)29)6-8-26(10-12-27)15-22(32)33/h1-4H,5-17,23H2,(H,28,29)(H,30,31)(H,32,33)(H,34,35). The molecule has 6 N–H and O–H groups in total. The molecular formula is C22H36N5O8P. The van der Waals surface area contributed by atoms with E-state index in [9.17, 15) is 39.2 Å². The molecule has 1 heterocycles. The zero-order valence-corrected chi connectivity index (χ0v) is 21.1. The van der Waals surface area contributed by atoms with Gasteiger partial charge in [0.05, 0.1) is 32.1 Å². The van der Waals surface area contributed by atoms with Crippen LogP contribution in [-0.2, 0) is 25.1 Å². The second kappa shape index (κ2) is 14.3. The highest BCUT2D eigenvalue weighted by Crippen LogP contribution is 2.45. The number of benzene rings is 1. The number of nitrogens with two attached hydrogens (primary N) is 1. The summed E-state index contributed by atoms with van der Waals surface area (Å²) in [6, 6.07) is 6.71. The van der Waals surface area contributed by atoms with Crippen molar-refractivity contribution in [1.82, 2.24) is 19.6 Å². The SMILES string of the molecule is Nc1ccc(CP(=O)(O)CN2CCN(CC(=O)O)CCN(CC(=O)O)CCN(CC(=O)O)CC2)cc1. The highest BCUT2D eigenvalue weighted by molar-refractivity contribution is 7.57. The summed E-state index contributed by atoms with van der Waals surface area (Å²) in [6.07, 6.45) is -0.185. The van der Waals surface area contributed by atoms with Gasteiger partial charge in [-0.15, -0.1) is 0 Å². The monoisotopic (exact) mass is 529 g/mol. The summed E-state index contributed by atoms with van der Waals surface area (Å²) in [4.78, 5) is 51.5. The molecule has 1 aromatic carbocycles. The number of hydrogen-bond donors (Lipinski definition) is 5. The molecule has 1 aliphatic rings. The van der Waals surface area contributed by atoms with Crippen LogP contribution in [0, 0.1) is 0 Å². The Morgan fingerprint density at radius 1 is 0.694 bits per heavy atom. The molecule has 0 spiro atoms. The lowest BCUT2D eigenvalue weighted by molar-refractivity contribution is -0.140. The summed E-state index contributed by atoms with van der Waals surface area (Å²) in [5.74, 6) is -3.08. The number of aliphatic carboxylic acids is 3. The summed E-state index contributed by atoms with van der Waals surface area (Å²) in [5.41, 5.74) is 6.90. The highest BCUT2D eigenvalue weighted by atomic mass is 31.2. The van der Waals surface area contributed by atoms with Gasteiger partial charge >= 0.3 is 17.9 Å². The van der Waals surface area contributed by atoms with Gasteiger partial charge in [-0.25, -0.2) is 0 Å². The number of nitrogens with zero attached hydrogens (tertiary/aromatic N) is 4. The molecule has 0 radical (unpaired) electrons. The van der Waals surface area contributed by atoms with Crippen LogP contribution >= 0.6 is 7.37 Å². The van der Waals surface area contributed by atoms with Gasteiger partial charge < -0.3 is 25.9 Å². The van der Waals surface area contributed by atoms with Crippen LogP contribution in [0.3, 0.4) is 0 Å². The predicted octanol–water partition coefficient (Wildman–Crippen LogP) is -0.528. The van der Waals surface area contributed by atoms with Crippen LogP contribution in [0.25, 0.3) is 0 Å². The van der Waals surface area contributed by atoms with Crippen LogP contribution in [0.4, 0.5) is 5.69 Å². The molecule has 14 heteroatoms. The fourth-order valence-corrected chi connectivity index (χ4v) is 5.83. The van der Waals surface area contributed by atoms with Crippen molar-refractivity contribution in [2.75, 3.05) is 84.0 Å². The Morgan fingerprint density at radius 2 is 1.03 bits per heavy atom. The molecule has 0 aromatic heterocycles. The van der Waals surface area contributed by atoms with Gasteiger partial charge in [0.2, 0.25) is 7.37 Å². The van der Waals surface area contributed by atoms with Crippen molar-refractivity contribution in [3.8, 4) is 0 Å². The van der Waals surface area contributed by atoms with E-state index in [1.165, 1.54) is 0 Å². The van der Waals surface area contributed by atoms with E-state index in [1.54, 1.807) is 43.9 Å². The van der Waals surface area contributed by atoms with Gasteiger partial charge in [-0.05, 0) is 17.7 Å². The second-order valence-corrected chi connectivity index (χ2v) is 11.3. The number of hydrogen-bond acceptors (Lipinski definition) is 9. The lowest BCUT2D eigenvalue weighted by Gasteiger charge is -2.33. The van der Waals surface area contributed by atoms with Crippen molar-refractivity contribution in [2.45, 2.75) is 6.16 Å². The van der Waals surface area contributed by atoms with E-state index in [0.717, 1.165) is 0 Å². The quantitative estimate of drug-likeness (QED) is 0.192. The van der Waals surface area contributed by atoms with Crippen LogP contribution < -0.4 is 5.73 Å². The Bertz CT molecular complexity index is 900. The molecule has 1 atom stereocenters. The number of carboxylic acids is 3. The van der Waals surface area contributed by atoms with Gasteiger partial charge in [0.25, 0.3) is 0 Å². The number of carbonyl (C=O) groups is 3. The summed E-state index contributed by atoms with van der Waals surface area (Å²) >= 11 is 0. The molecule has 1 aliphatic heterocycles. The molecular weight excluding hydrogens is 493 g/mol. The molecule has 0 amide bonds. The van der Waals surface area contributed by atoms with Crippen molar-refractivity contribution in [2.24, 2.45) is 0 Å². The maximum absolute atomic E-state index is 13.1. The first-order valence-electron chi connectivity index (χ1n) is 11.6. The minimum Gasteiger partial charge on any atom is -0.480 e. The number of anilines is 1. The molecule has 1 unspecified atom stereocenters. The smallest absolute Gasteiger partial charge is 0.317 e. The van der Waals surface area contributed by atoms with E-state index in [2.05, 4.69) is 0 Å². The first kappa shape index (κ1) is 29.7. The fraction of sp³-hybridized carbons (Fsp3) is 0.591. The molecule has 202 valence electrons. The zero-order valence-electron chi connectivity index (χ0n) is 20.2. The van der Waals surface area contributed by atoms with Gasteiger partial charge in [-0.2, -0.15) is 0 Å². The molecule has 2 rings (SSSR count). The first-order chi connectivity index (χ1) is 16.9. The minimum atomic E-state index is -3.65. The first-order valence-corrected chi connectivity index (χ1v) is 13.6. The summed E-state index contributed by atoms with van der Waals surface area (Å²) < 4.78 is 13.1. The van der Waals surface area contributed by atoms with Crippen LogP contribution in [0.15, 0.2) is 24.3 Å². The lowest BCUT2D eigenvalue weighted by atomic mass is 10.2. The Balaban J connectivity index is 2.17. The molecule has 1 fully saturated rings. The van der Waals surface area contributed by atoms with Gasteiger partial charge in [0.15, 0.2) is 0 Å². The van der Waals surface area contributed by atoms with Crippen LogP contribution in [-0.4, -0.2) is 136 Å². The largest absolute Gasteiger partial charge is 0.480 e. The third kappa shape index (κ3) is 11.9. The molecule has 0 saturated carbocycles. The molecule has 1 aromatic rings. The van der Waals surface area contributed by atoms with Gasteiger partial charge in [0.1, 0.15) is 0 Å². The molecule has 0 bridgehead atoms. The predicted molar refractivity (Wildman–Crippen MR) is 133 cm³/mol. The Morgan fingerprint density at radius 3 is 1.36 bits per heavy atom. The van der Waals surface area contributed by atoms with Crippen molar-refractivity contribution < 1.29 is 39.2 Å². The highest BCUT2D eigenvalue weighted by Gasteiger charge is 2.25. The van der Waals surface area contributed by atoms with E-state index in [1.807, 2.05) is 0 Å². The number of nitrogen functional groups attached to an aromatic ring is 1. The normalized spacial score (nSPS) is 19.6. The third-order valence-corrected chi connectivity index (χ3v) is 7.54. The van der Waals surface area contributed by atoms with Crippen LogP contribution in [0.2, 0.25) is 0 Å². The maximum Gasteiger partial charge on any atom is 0.317 e. The van der Waals surface area contributed by atoms with Gasteiger partial charge in [-0.1, -0.05) is 12.1 Å². The minimum absolute atomic E-state index is 0.0500. The lowest BCUT2D eigenvalue weighted by Crippen LogP contribution is -2.48. The van der Waals surface area contributed by atoms with Crippen LogP contribution in [0.5, 0.6) is 0 Å². The van der Waals surface area contributed by atoms with Gasteiger partial charge in [-0.3, -0.25) is 38.5 Å². The Hall–Kier alpha value is -2.54. The van der Waals surface area contributed by atoms with Gasteiger partial charge in [0, 0.05) is 58.0 Å². The van der Waals surface area contributed by atoms with Crippen LogP contribution in [0.1, 0.15) is 5.56 Å². The fourth-order valence-electron chi connectivity index (χ4n) is 4.04. The molecule has 0 aliphatic carbocycles. The topological polar surface area (TPSA) is 188 Å².